The van der Waals surface area contributed by atoms with E-state index in [4.69, 9.17) is 4.42 Å². The van der Waals surface area contributed by atoms with Crippen LogP contribution in [-0.4, -0.2) is 0 Å². The van der Waals surface area contributed by atoms with Gasteiger partial charge in [-0.15, -0.1) is 0 Å². The van der Waals surface area contributed by atoms with Crippen LogP contribution < -0.4 is 4.90 Å². The summed E-state index contributed by atoms with van der Waals surface area (Å²) in [6.45, 7) is 0. The minimum atomic E-state index is 0.882. The van der Waals surface area contributed by atoms with Crippen LogP contribution in [0.4, 0.5) is 17.1 Å². The van der Waals surface area contributed by atoms with Gasteiger partial charge in [-0.05, 0) is 69.8 Å². The Morgan fingerprint density at radius 2 is 0.820 bits per heavy atom. The molecule has 2 heteroatoms. The molecule has 0 radical (unpaired) electrons. The molecule has 8 aromatic carbocycles. The highest BCUT2D eigenvalue weighted by molar-refractivity contribution is 6.13. The first-order valence-corrected chi connectivity index (χ1v) is 17.0. The lowest BCUT2D eigenvalue weighted by Crippen LogP contribution is -2.12. The van der Waals surface area contributed by atoms with Crippen molar-refractivity contribution in [2.24, 2.45) is 0 Å². The zero-order valence-electron chi connectivity index (χ0n) is 27.4. The molecule has 0 saturated carbocycles. The second-order valence-electron chi connectivity index (χ2n) is 12.5. The molecule has 1 heterocycles. The number of fused-ring (bicyclic) bond motifs is 3. The van der Waals surface area contributed by atoms with E-state index >= 15 is 0 Å². The van der Waals surface area contributed by atoms with Crippen molar-refractivity contribution in [3.05, 3.63) is 200 Å². The monoisotopic (exact) mass is 639 g/mol. The smallest absolute Gasteiger partial charge is 0.145 e. The van der Waals surface area contributed by atoms with E-state index in [0.29, 0.717) is 0 Å². The van der Waals surface area contributed by atoms with E-state index in [1.807, 2.05) is 6.07 Å². The lowest BCUT2D eigenvalue weighted by Gasteiger charge is -2.30. The molecule has 50 heavy (non-hydrogen) atoms. The third-order valence-corrected chi connectivity index (χ3v) is 9.51. The molecule has 0 amide bonds. The minimum Gasteiger partial charge on any atom is -0.455 e. The molecule has 0 fully saturated rings. The minimum absolute atomic E-state index is 0.882. The van der Waals surface area contributed by atoms with E-state index in [-0.39, 0.29) is 0 Å². The van der Waals surface area contributed by atoms with E-state index in [9.17, 15) is 0 Å². The van der Waals surface area contributed by atoms with Gasteiger partial charge in [0.2, 0.25) is 0 Å². The average Bonchev–Trinajstić information content (AvgIpc) is 3.58. The summed E-state index contributed by atoms with van der Waals surface area (Å²) in [7, 11) is 0. The van der Waals surface area contributed by atoms with Gasteiger partial charge in [0.25, 0.3) is 0 Å². The van der Waals surface area contributed by atoms with Crippen molar-refractivity contribution >= 4 is 39.0 Å². The summed E-state index contributed by atoms with van der Waals surface area (Å²) in [5.41, 5.74) is 14.2. The maximum atomic E-state index is 6.71. The largest absolute Gasteiger partial charge is 0.455 e. The highest BCUT2D eigenvalue weighted by atomic mass is 16.3. The molecule has 0 bridgehead atoms. The SMILES string of the molecule is c1ccc(-c2ccc(-c3ccc(N(c4ccccc4-c4ccccc4)c4ccc5c(oc6ccccc65)c4-c4ccccc4)cc3)cc2)cc1. The van der Waals surface area contributed by atoms with Crippen molar-refractivity contribution in [3.63, 3.8) is 0 Å². The molecule has 2 nitrogen and oxygen atoms in total. The van der Waals surface area contributed by atoms with Crippen LogP contribution in [-0.2, 0) is 0 Å². The fourth-order valence-corrected chi connectivity index (χ4v) is 7.08. The number of hydrogen-bond donors (Lipinski definition) is 0. The number of rotatable bonds is 7. The van der Waals surface area contributed by atoms with Crippen LogP contribution >= 0.6 is 0 Å². The van der Waals surface area contributed by atoms with Gasteiger partial charge in [0.15, 0.2) is 0 Å². The Kier molecular flexibility index (Phi) is 7.53. The lowest BCUT2D eigenvalue weighted by atomic mass is 9.96. The topological polar surface area (TPSA) is 16.4 Å². The fourth-order valence-electron chi connectivity index (χ4n) is 7.08. The molecule has 0 unspecified atom stereocenters. The van der Waals surface area contributed by atoms with E-state index < -0.39 is 0 Å². The fraction of sp³-hybridized carbons (Fsp3) is 0. The highest BCUT2D eigenvalue weighted by Crippen LogP contribution is 2.48. The van der Waals surface area contributed by atoms with Gasteiger partial charge in [0, 0.05) is 27.6 Å². The van der Waals surface area contributed by atoms with Gasteiger partial charge < -0.3 is 9.32 Å². The van der Waals surface area contributed by atoms with Crippen LogP contribution in [0.25, 0.3) is 66.4 Å². The van der Waals surface area contributed by atoms with E-state index in [1.54, 1.807) is 0 Å². The molecule has 0 saturated heterocycles. The molecule has 0 spiro atoms. The van der Waals surface area contributed by atoms with Crippen LogP contribution in [0.5, 0.6) is 0 Å². The predicted molar refractivity (Wildman–Crippen MR) is 210 cm³/mol. The Morgan fingerprint density at radius 3 is 1.48 bits per heavy atom. The molecule has 0 aliphatic heterocycles. The molecule has 236 valence electrons. The van der Waals surface area contributed by atoms with E-state index in [1.165, 1.54) is 22.3 Å². The number of hydrogen-bond acceptors (Lipinski definition) is 2. The molecular weight excluding hydrogens is 607 g/mol. The van der Waals surface area contributed by atoms with E-state index in [2.05, 4.69) is 199 Å². The van der Waals surface area contributed by atoms with Gasteiger partial charge in [0.1, 0.15) is 11.2 Å². The van der Waals surface area contributed by atoms with Crippen molar-refractivity contribution < 1.29 is 4.42 Å². The van der Waals surface area contributed by atoms with Crippen molar-refractivity contribution in [2.75, 3.05) is 4.90 Å². The van der Waals surface area contributed by atoms with Crippen LogP contribution in [0.3, 0.4) is 0 Å². The Hall–Kier alpha value is -6.64. The maximum absolute atomic E-state index is 6.71. The van der Waals surface area contributed by atoms with Crippen LogP contribution in [0.15, 0.2) is 205 Å². The third kappa shape index (κ3) is 5.34. The zero-order chi connectivity index (χ0) is 33.3. The first-order valence-electron chi connectivity index (χ1n) is 17.0. The maximum Gasteiger partial charge on any atom is 0.145 e. The van der Waals surface area contributed by atoms with Gasteiger partial charge in [-0.1, -0.05) is 164 Å². The highest BCUT2D eigenvalue weighted by Gasteiger charge is 2.24. The standard InChI is InChI=1S/C48H33NO/c1-4-14-34(15-5-1)35-24-26-36(27-25-35)37-28-30-40(31-29-37)49(44-22-12-10-20-41(44)38-16-6-2-7-17-38)45-33-32-43-42-21-11-13-23-46(42)50-48(43)47(45)39-18-8-3-9-19-39/h1-33H. The summed E-state index contributed by atoms with van der Waals surface area (Å²) in [5.74, 6) is 0. The van der Waals surface area contributed by atoms with Gasteiger partial charge in [-0.25, -0.2) is 0 Å². The van der Waals surface area contributed by atoms with Gasteiger partial charge in [0.05, 0.1) is 11.4 Å². The van der Waals surface area contributed by atoms with Crippen molar-refractivity contribution in [1.29, 1.82) is 0 Å². The quantitative estimate of drug-likeness (QED) is 0.173. The summed E-state index contributed by atoms with van der Waals surface area (Å²) in [4.78, 5) is 2.39. The summed E-state index contributed by atoms with van der Waals surface area (Å²) < 4.78 is 6.71. The first-order chi connectivity index (χ1) is 24.8. The van der Waals surface area contributed by atoms with Crippen molar-refractivity contribution in [3.8, 4) is 44.5 Å². The molecular formula is C48H33NO. The molecule has 9 rings (SSSR count). The van der Waals surface area contributed by atoms with Crippen molar-refractivity contribution in [2.45, 2.75) is 0 Å². The molecule has 0 aliphatic carbocycles. The molecule has 0 N–H and O–H groups in total. The number of furan rings is 1. The van der Waals surface area contributed by atoms with Crippen molar-refractivity contribution in [1.82, 2.24) is 0 Å². The second-order valence-corrected chi connectivity index (χ2v) is 12.5. The normalized spacial score (nSPS) is 11.2. The Morgan fingerprint density at radius 1 is 0.320 bits per heavy atom. The predicted octanol–water partition coefficient (Wildman–Crippen LogP) is 13.7. The molecule has 9 aromatic rings. The summed E-state index contributed by atoms with van der Waals surface area (Å²) >= 11 is 0. The van der Waals surface area contributed by atoms with Crippen LogP contribution in [0.2, 0.25) is 0 Å². The Labute approximate surface area is 292 Å². The van der Waals surface area contributed by atoms with Gasteiger partial charge >= 0.3 is 0 Å². The summed E-state index contributed by atoms with van der Waals surface area (Å²) in [6.07, 6.45) is 0. The molecule has 0 atom stereocenters. The number of nitrogens with zero attached hydrogens (tertiary/aromatic N) is 1. The lowest BCUT2D eigenvalue weighted by molar-refractivity contribution is 0.670. The molecule has 1 aromatic heterocycles. The number of para-hydroxylation sites is 2. The number of benzene rings is 8. The summed E-state index contributed by atoms with van der Waals surface area (Å²) in [6, 6.07) is 71.0. The van der Waals surface area contributed by atoms with E-state index in [0.717, 1.165) is 61.3 Å². The van der Waals surface area contributed by atoms with Gasteiger partial charge in [-0.3, -0.25) is 0 Å². The number of anilines is 3. The zero-order valence-corrected chi connectivity index (χ0v) is 27.4. The van der Waals surface area contributed by atoms with Gasteiger partial charge in [-0.2, -0.15) is 0 Å². The third-order valence-electron chi connectivity index (χ3n) is 9.51. The summed E-state index contributed by atoms with van der Waals surface area (Å²) in [5, 5.41) is 2.22. The molecule has 0 aliphatic rings. The average molecular weight is 640 g/mol. The first kappa shape index (κ1) is 29.5. The van der Waals surface area contributed by atoms with Crippen LogP contribution in [0.1, 0.15) is 0 Å². The van der Waals surface area contributed by atoms with Crippen LogP contribution in [0, 0.1) is 0 Å². The Bertz CT molecular complexity index is 2550. The Balaban J connectivity index is 1.24. The second kappa shape index (κ2) is 12.8.